The number of rotatable bonds is 7. The van der Waals surface area contributed by atoms with Crippen LogP contribution in [0.25, 0.3) is 0 Å². The van der Waals surface area contributed by atoms with Crippen LogP contribution in [-0.2, 0) is 15.8 Å². The minimum atomic E-state index is -3.39. The summed E-state index contributed by atoms with van der Waals surface area (Å²) in [6.07, 6.45) is 0.775. The number of hydrogen-bond acceptors (Lipinski definition) is 2. The fourth-order valence-electron chi connectivity index (χ4n) is 2.69. The van der Waals surface area contributed by atoms with E-state index in [2.05, 4.69) is 18.6 Å². The molecule has 2 aromatic rings. The van der Waals surface area contributed by atoms with Crippen molar-refractivity contribution in [3.8, 4) is 0 Å². The van der Waals surface area contributed by atoms with Crippen LogP contribution in [0.15, 0.2) is 54.6 Å². The Labute approximate surface area is 139 Å². The van der Waals surface area contributed by atoms with Crippen molar-refractivity contribution in [1.82, 2.24) is 4.72 Å². The lowest BCUT2D eigenvalue weighted by Crippen LogP contribution is -2.30. The third kappa shape index (κ3) is 5.81. The molecule has 23 heavy (non-hydrogen) atoms. The summed E-state index contributed by atoms with van der Waals surface area (Å²) in [5, 5.41) is 0. The first kappa shape index (κ1) is 17.7. The maximum absolute atomic E-state index is 12.6. The number of nitrogens with one attached hydrogen (secondary N) is 1. The molecule has 0 amide bonds. The zero-order chi connectivity index (χ0) is 16.9. The molecule has 2 aromatic carbocycles. The molecule has 0 saturated heterocycles. The molecule has 124 valence electrons. The monoisotopic (exact) mass is 331 g/mol. The van der Waals surface area contributed by atoms with Gasteiger partial charge >= 0.3 is 0 Å². The maximum atomic E-state index is 12.6. The molecular weight excluding hydrogens is 306 g/mol. The Bertz CT molecular complexity index is 724. The highest BCUT2D eigenvalue weighted by atomic mass is 32.2. The van der Waals surface area contributed by atoms with Crippen molar-refractivity contribution in [2.45, 2.75) is 39.0 Å². The fraction of sp³-hybridized carbons (Fsp3) is 0.368. The van der Waals surface area contributed by atoms with E-state index in [1.165, 1.54) is 0 Å². The van der Waals surface area contributed by atoms with Gasteiger partial charge in [0.2, 0.25) is 10.0 Å². The molecule has 1 N–H and O–H groups in total. The van der Waals surface area contributed by atoms with Gasteiger partial charge < -0.3 is 0 Å². The van der Waals surface area contributed by atoms with Gasteiger partial charge in [-0.3, -0.25) is 0 Å². The second kappa shape index (κ2) is 7.75. The largest absolute Gasteiger partial charge is 0.216 e. The highest BCUT2D eigenvalue weighted by Crippen LogP contribution is 2.22. The number of benzene rings is 2. The Morgan fingerprint density at radius 1 is 1.00 bits per heavy atom. The van der Waals surface area contributed by atoms with Crippen LogP contribution < -0.4 is 4.72 Å². The van der Waals surface area contributed by atoms with Crippen molar-refractivity contribution in [2.75, 3.05) is 0 Å². The van der Waals surface area contributed by atoms with Crippen molar-refractivity contribution in [3.63, 3.8) is 0 Å². The minimum absolute atomic E-state index is 0.0100. The van der Waals surface area contributed by atoms with Gasteiger partial charge in [-0.05, 0) is 30.4 Å². The summed E-state index contributed by atoms with van der Waals surface area (Å²) in [6, 6.07) is 17.2. The molecule has 4 heteroatoms. The van der Waals surface area contributed by atoms with Gasteiger partial charge in [-0.15, -0.1) is 0 Å². The van der Waals surface area contributed by atoms with Gasteiger partial charge in [0.05, 0.1) is 5.75 Å². The van der Waals surface area contributed by atoms with E-state index in [-0.39, 0.29) is 11.8 Å². The standard InChI is InChI=1S/C19H25NO2S/c1-15(2)12-19(18-10-5-4-6-11-18)20-23(21,22)14-17-9-7-8-16(3)13-17/h4-11,13,15,19-20H,12,14H2,1-3H3. The third-order valence-corrected chi connectivity index (χ3v) is 5.03. The Kier molecular flexibility index (Phi) is 5.97. The summed E-state index contributed by atoms with van der Waals surface area (Å²) in [7, 11) is -3.39. The highest BCUT2D eigenvalue weighted by molar-refractivity contribution is 7.88. The third-order valence-electron chi connectivity index (χ3n) is 3.67. The van der Waals surface area contributed by atoms with E-state index < -0.39 is 10.0 Å². The van der Waals surface area contributed by atoms with E-state index in [0.29, 0.717) is 5.92 Å². The molecular formula is C19H25NO2S. The second-order valence-electron chi connectivity index (χ2n) is 6.46. The first-order chi connectivity index (χ1) is 10.9. The van der Waals surface area contributed by atoms with Crippen molar-refractivity contribution < 1.29 is 8.42 Å². The summed E-state index contributed by atoms with van der Waals surface area (Å²) in [5.74, 6) is 0.415. The molecule has 0 aliphatic carbocycles. The predicted octanol–water partition coefficient (Wildman–Crippen LogP) is 4.20. The lowest BCUT2D eigenvalue weighted by Gasteiger charge is -2.21. The lowest BCUT2D eigenvalue weighted by molar-refractivity contribution is 0.472. The van der Waals surface area contributed by atoms with Crippen molar-refractivity contribution in [3.05, 3.63) is 71.3 Å². The van der Waals surface area contributed by atoms with E-state index in [9.17, 15) is 8.42 Å². The van der Waals surface area contributed by atoms with E-state index in [1.807, 2.05) is 61.5 Å². The molecule has 0 aliphatic rings. The maximum Gasteiger partial charge on any atom is 0.216 e. The van der Waals surface area contributed by atoms with Gasteiger partial charge in [0.15, 0.2) is 0 Å². The van der Waals surface area contributed by atoms with Gasteiger partial charge in [-0.25, -0.2) is 13.1 Å². The van der Waals surface area contributed by atoms with Crippen LogP contribution in [-0.4, -0.2) is 8.42 Å². The molecule has 0 aliphatic heterocycles. The smallest absolute Gasteiger partial charge is 0.212 e. The molecule has 0 fully saturated rings. The summed E-state index contributed by atoms with van der Waals surface area (Å²) < 4.78 is 28.0. The lowest BCUT2D eigenvalue weighted by atomic mass is 9.98. The average molecular weight is 331 g/mol. The number of hydrogen-bond donors (Lipinski definition) is 1. The summed E-state index contributed by atoms with van der Waals surface area (Å²) >= 11 is 0. The zero-order valence-corrected chi connectivity index (χ0v) is 14.8. The first-order valence-electron chi connectivity index (χ1n) is 7.96. The van der Waals surface area contributed by atoms with Gasteiger partial charge in [0.1, 0.15) is 0 Å². The summed E-state index contributed by atoms with van der Waals surface area (Å²) in [6.45, 7) is 6.17. The zero-order valence-electron chi connectivity index (χ0n) is 14.0. The number of aryl methyl sites for hydroxylation is 1. The Balaban J connectivity index is 2.17. The van der Waals surface area contributed by atoms with E-state index in [1.54, 1.807) is 0 Å². The Hall–Kier alpha value is -1.65. The van der Waals surface area contributed by atoms with Gasteiger partial charge in [-0.2, -0.15) is 0 Å². The van der Waals surface area contributed by atoms with Crippen LogP contribution >= 0.6 is 0 Å². The van der Waals surface area contributed by atoms with Crippen LogP contribution in [0.4, 0.5) is 0 Å². The summed E-state index contributed by atoms with van der Waals surface area (Å²) in [5.41, 5.74) is 2.89. The predicted molar refractivity (Wildman–Crippen MR) is 95.6 cm³/mol. The van der Waals surface area contributed by atoms with Crippen LogP contribution in [0.1, 0.15) is 43.0 Å². The van der Waals surface area contributed by atoms with Crippen LogP contribution in [0.5, 0.6) is 0 Å². The molecule has 1 unspecified atom stereocenters. The quantitative estimate of drug-likeness (QED) is 0.826. The van der Waals surface area contributed by atoms with Crippen molar-refractivity contribution >= 4 is 10.0 Å². The average Bonchev–Trinajstić information content (AvgIpc) is 2.46. The van der Waals surface area contributed by atoms with E-state index in [4.69, 9.17) is 0 Å². The molecule has 0 radical (unpaired) electrons. The van der Waals surface area contributed by atoms with E-state index in [0.717, 1.165) is 23.1 Å². The second-order valence-corrected chi connectivity index (χ2v) is 8.21. The molecule has 0 aromatic heterocycles. The van der Waals surface area contributed by atoms with Crippen LogP contribution in [0.2, 0.25) is 0 Å². The van der Waals surface area contributed by atoms with Gasteiger partial charge in [-0.1, -0.05) is 74.0 Å². The van der Waals surface area contributed by atoms with E-state index >= 15 is 0 Å². The molecule has 0 bridgehead atoms. The fourth-order valence-corrected chi connectivity index (χ4v) is 4.06. The topological polar surface area (TPSA) is 46.2 Å². The minimum Gasteiger partial charge on any atom is -0.212 e. The molecule has 0 saturated carbocycles. The molecule has 0 spiro atoms. The Morgan fingerprint density at radius 2 is 1.70 bits per heavy atom. The Morgan fingerprint density at radius 3 is 2.30 bits per heavy atom. The molecule has 2 rings (SSSR count). The van der Waals surface area contributed by atoms with Crippen molar-refractivity contribution in [2.24, 2.45) is 5.92 Å². The van der Waals surface area contributed by atoms with Gasteiger partial charge in [0.25, 0.3) is 0 Å². The molecule has 0 heterocycles. The number of sulfonamides is 1. The first-order valence-corrected chi connectivity index (χ1v) is 9.61. The summed E-state index contributed by atoms with van der Waals surface area (Å²) in [4.78, 5) is 0. The van der Waals surface area contributed by atoms with Crippen LogP contribution in [0, 0.1) is 12.8 Å². The normalized spacial score (nSPS) is 13.2. The van der Waals surface area contributed by atoms with Gasteiger partial charge in [0, 0.05) is 6.04 Å². The molecule has 3 nitrogen and oxygen atoms in total. The van der Waals surface area contributed by atoms with Crippen LogP contribution in [0.3, 0.4) is 0 Å². The van der Waals surface area contributed by atoms with Crippen molar-refractivity contribution in [1.29, 1.82) is 0 Å². The SMILES string of the molecule is Cc1cccc(CS(=O)(=O)NC(CC(C)C)c2ccccc2)c1. The molecule has 1 atom stereocenters. The highest BCUT2D eigenvalue weighted by Gasteiger charge is 2.20.